The second-order valence-electron chi connectivity index (χ2n) is 3.30. The second-order valence-corrected chi connectivity index (χ2v) is 4.33. The number of hydrogen-bond donors (Lipinski definition) is 3. The quantitative estimate of drug-likeness (QED) is 0.676. The molecule has 0 aliphatic carbocycles. The fourth-order valence-corrected chi connectivity index (χ4v) is 1.64. The number of carbonyl (C=O) groups is 2. The number of carboxylic acid groups (broad SMARTS) is 1. The fourth-order valence-electron chi connectivity index (χ4n) is 0.994. The topological polar surface area (TPSA) is 78.4 Å². The van der Waals surface area contributed by atoms with Crippen LogP contribution >= 0.6 is 11.3 Å². The first-order valence-electron chi connectivity index (χ1n) is 4.85. The summed E-state index contributed by atoms with van der Waals surface area (Å²) >= 11 is 1.56. The van der Waals surface area contributed by atoms with Crippen molar-refractivity contribution in [1.29, 1.82) is 0 Å². The largest absolute Gasteiger partial charge is 0.480 e. The summed E-state index contributed by atoms with van der Waals surface area (Å²) in [4.78, 5) is 22.8. The minimum absolute atomic E-state index is 0.0127. The zero-order valence-electron chi connectivity index (χ0n) is 8.90. The number of carbonyl (C=O) groups excluding carboxylic acids is 1. The second kappa shape index (κ2) is 6.24. The molecule has 0 fully saturated rings. The lowest BCUT2D eigenvalue weighted by Gasteiger charge is -2.08. The van der Waals surface area contributed by atoms with Gasteiger partial charge in [0.15, 0.2) is 0 Å². The highest BCUT2D eigenvalue weighted by Gasteiger charge is 2.11. The molecular formula is C10H14N2O3S. The molecule has 16 heavy (non-hydrogen) atoms. The van der Waals surface area contributed by atoms with Gasteiger partial charge in [0.1, 0.15) is 6.04 Å². The van der Waals surface area contributed by atoms with E-state index in [1.165, 1.54) is 6.92 Å². The smallest absolute Gasteiger partial charge is 0.320 e. The van der Waals surface area contributed by atoms with Crippen LogP contribution in [-0.2, 0) is 16.1 Å². The van der Waals surface area contributed by atoms with Crippen molar-refractivity contribution in [2.45, 2.75) is 19.5 Å². The number of hydrogen-bond acceptors (Lipinski definition) is 4. The van der Waals surface area contributed by atoms with E-state index in [1.54, 1.807) is 11.3 Å². The van der Waals surface area contributed by atoms with Crippen LogP contribution in [0, 0.1) is 0 Å². The van der Waals surface area contributed by atoms with Gasteiger partial charge in [-0.3, -0.25) is 14.9 Å². The van der Waals surface area contributed by atoms with E-state index in [0.717, 1.165) is 4.88 Å². The molecule has 1 atom stereocenters. The number of thiophene rings is 1. The van der Waals surface area contributed by atoms with Crippen LogP contribution in [-0.4, -0.2) is 29.6 Å². The lowest BCUT2D eigenvalue weighted by Crippen LogP contribution is -2.41. The minimum Gasteiger partial charge on any atom is -0.480 e. The molecule has 1 aromatic heterocycles. The Morgan fingerprint density at radius 1 is 1.56 bits per heavy atom. The lowest BCUT2D eigenvalue weighted by atomic mass is 10.3. The Bertz CT molecular complexity index is 351. The molecule has 1 unspecified atom stereocenters. The molecule has 1 aromatic rings. The minimum atomic E-state index is -0.967. The summed E-state index contributed by atoms with van der Waals surface area (Å²) in [7, 11) is 0. The third-order valence-corrected chi connectivity index (χ3v) is 2.86. The average Bonchev–Trinajstić information content (AvgIpc) is 2.75. The first-order chi connectivity index (χ1) is 7.59. The van der Waals surface area contributed by atoms with Gasteiger partial charge in [-0.2, -0.15) is 0 Å². The van der Waals surface area contributed by atoms with Crippen molar-refractivity contribution in [3.8, 4) is 0 Å². The van der Waals surface area contributed by atoms with Crippen molar-refractivity contribution in [3.63, 3.8) is 0 Å². The van der Waals surface area contributed by atoms with Gasteiger partial charge in [-0.05, 0) is 18.4 Å². The zero-order chi connectivity index (χ0) is 12.0. The van der Waals surface area contributed by atoms with Gasteiger partial charge in [-0.15, -0.1) is 11.3 Å². The molecule has 1 heterocycles. The number of aliphatic carboxylic acids is 1. The van der Waals surface area contributed by atoms with Gasteiger partial charge < -0.3 is 10.4 Å². The van der Waals surface area contributed by atoms with Crippen molar-refractivity contribution >= 4 is 23.2 Å². The maximum Gasteiger partial charge on any atom is 0.320 e. The van der Waals surface area contributed by atoms with E-state index in [-0.39, 0.29) is 12.5 Å². The molecule has 0 bridgehead atoms. The van der Waals surface area contributed by atoms with Gasteiger partial charge in [0.05, 0.1) is 13.1 Å². The normalized spacial score (nSPS) is 12.1. The molecule has 0 radical (unpaired) electrons. The van der Waals surface area contributed by atoms with E-state index in [0.29, 0.717) is 6.54 Å². The molecule has 0 saturated heterocycles. The molecule has 88 valence electrons. The lowest BCUT2D eigenvalue weighted by molar-refractivity contribution is -0.139. The van der Waals surface area contributed by atoms with Crippen LogP contribution in [0.1, 0.15) is 11.8 Å². The molecule has 0 spiro atoms. The van der Waals surface area contributed by atoms with Crippen molar-refractivity contribution in [1.82, 2.24) is 10.6 Å². The highest BCUT2D eigenvalue weighted by atomic mass is 32.1. The van der Waals surface area contributed by atoms with Crippen LogP contribution in [0.4, 0.5) is 0 Å². The van der Waals surface area contributed by atoms with Gasteiger partial charge in [0, 0.05) is 4.88 Å². The molecule has 6 heteroatoms. The van der Waals surface area contributed by atoms with Crippen LogP contribution in [0.3, 0.4) is 0 Å². The number of carboxylic acids is 1. The van der Waals surface area contributed by atoms with E-state index in [4.69, 9.17) is 5.11 Å². The molecule has 0 saturated carbocycles. The Balaban J connectivity index is 2.19. The Kier molecular flexibility index (Phi) is 4.94. The Morgan fingerprint density at radius 3 is 2.88 bits per heavy atom. The van der Waals surface area contributed by atoms with E-state index >= 15 is 0 Å². The predicted octanol–water partition coefficient (Wildman–Crippen LogP) is 0.427. The van der Waals surface area contributed by atoms with Crippen LogP contribution in [0.5, 0.6) is 0 Å². The maximum absolute atomic E-state index is 11.3. The molecule has 0 aromatic carbocycles. The fraction of sp³-hybridized carbons (Fsp3) is 0.400. The van der Waals surface area contributed by atoms with Gasteiger partial charge in [-0.1, -0.05) is 6.07 Å². The maximum atomic E-state index is 11.3. The Hall–Kier alpha value is -1.40. The Labute approximate surface area is 97.5 Å². The average molecular weight is 242 g/mol. The summed E-state index contributed by atoms with van der Waals surface area (Å²) in [6.45, 7) is 1.99. The predicted molar refractivity (Wildman–Crippen MR) is 61.3 cm³/mol. The van der Waals surface area contributed by atoms with Gasteiger partial charge in [0.25, 0.3) is 0 Å². The number of nitrogens with one attached hydrogen (secondary N) is 2. The summed E-state index contributed by atoms with van der Waals surface area (Å²) in [6.07, 6.45) is 0. The van der Waals surface area contributed by atoms with Crippen molar-refractivity contribution in [2.24, 2.45) is 0 Å². The molecule has 3 N–H and O–H groups in total. The van der Waals surface area contributed by atoms with E-state index in [2.05, 4.69) is 10.6 Å². The number of amides is 1. The monoisotopic (exact) mass is 242 g/mol. The molecule has 0 aliphatic heterocycles. The summed E-state index contributed by atoms with van der Waals surface area (Å²) in [5.74, 6) is -1.17. The van der Waals surface area contributed by atoms with Crippen LogP contribution in [0.15, 0.2) is 17.5 Å². The van der Waals surface area contributed by atoms with E-state index in [9.17, 15) is 9.59 Å². The first-order valence-corrected chi connectivity index (χ1v) is 5.73. The SMILES string of the molecule is CC(NCC(=O)NCc1cccs1)C(=O)O. The highest BCUT2D eigenvalue weighted by molar-refractivity contribution is 7.09. The standard InChI is InChI=1S/C10H14N2O3S/c1-7(10(14)15)11-6-9(13)12-5-8-3-2-4-16-8/h2-4,7,11H,5-6H2,1H3,(H,12,13)(H,14,15). The van der Waals surface area contributed by atoms with E-state index in [1.807, 2.05) is 17.5 Å². The van der Waals surface area contributed by atoms with Gasteiger partial charge in [0.2, 0.25) is 5.91 Å². The Morgan fingerprint density at radius 2 is 2.31 bits per heavy atom. The van der Waals surface area contributed by atoms with Gasteiger partial charge >= 0.3 is 5.97 Å². The molecule has 5 nitrogen and oxygen atoms in total. The van der Waals surface area contributed by atoms with Crippen LogP contribution in [0.2, 0.25) is 0 Å². The van der Waals surface area contributed by atoms with Crippen LogP contribution < -0.4 is 10.6 Å². The van der Waals surface area contributed by atoms with Crippen LogP contribution in [0.25, 0.3) is 0 Å². The summed E-state index contributed by atoms with van der Waals surface area (Å²) in [5, 5.41) is 15.8. The third kappa shape index (κ3) is 4.41. The summed E-state index contributed by atoms with van der Waals surface area (Å²) in [6, 6.07) is 3.13. The molecule has 1 rings (SSSR count). The zero-order valence-corrected chi connectivity index (χ0v) is 9.71. The molecular weight excluding hydrogens is 228 g/mol. The third-order valence-electron chi connectivity index (χ3n) is 1.98. The van der Waals surface area contributed by atoms with Crippen molar-refractivity contribution < 1.29 is 14.7 Å². The van der Waals surface area contributed by atoms with E-state index < -0.39 is 12.0 Å². The van der Waals surface area contributed by atoms with Gasteiger partial charge in [-0.25, -0.2) is 0 Å². The molecule has 1 amide bonds. The molecule has 0 aliphatic rings. The summed E-state index contributed by atoms with van der Waals surface area (Å²) < 4.78 is 0. The van der Waals surface area contributed by atoms with Crippen molar-refractivity contribution in [3.05, 3.63) is 22.4 Å². The summed E-state index contributed by atoms with van der Waals surface area (Å²) in [5.41, 5.74) is 0. The number of rotatable bonds is 6. The first kappa shape index (κ1) is 12.7. The van der Waals surface area contributed by atoms with Crippen molar-refractivity contribution in [2.75, 3.05) is 6.54 Å². The highest BCUT2D eigenvalue weighted by Crippen LogP contribution is 2.06.